The van der Waals surface area contributed by atoms with E-state index in [9.17, 15) is 18.5 Å². The minimum atomic E-state index is -3.32. The predicted octanol–water partition coefficient (Wildman–Crippen LogP) is 1.67. The predicted molar refractivity (Wildman–Crippen MR) is 81.9 cm³/mol. The van der Waals surface area contributed by atoms with E-state index in [0.717, 1.165) is 6.26 Å². The van der Waals surface area contributed by atoms with Gasteiger partial charge in [-0.2, -0.15) is 0 Å². The lowest BCUT2D eigenvalue weighted by Gasteiger charge is -2.25. The summed E-state index contributed by atoms with van der Waals surface area (Å²) in [6.07, 6.45) is 1.08. The molecule has 9 heteroatoms. The maximum Gasteiger partial charge on any atom is 0.275 e. The molecule has 1 rings (SSSR count). The second-order valence-corrected chi connectivity index (χ2v) is 7.58. The van der Waals surface area contributed by atoms with E-state index < -0.39 is 20.5 Å². The molecule has 0 amide bonds. The number of halogens is 1. The Kier molecular flexibility index (Phi) is 5.68. The van der Waals surface area contributed by atoms with Crippen molar-refractivity contribution in [3.63, 3.8) is 0 Å². The maximum atomic E-state index is 11.2. The summed E-state index contributed by atoms with van der Waals surface area (Å²) in [6, 6.07) is 4.44. The minimum absolute atomic E-state index is 0.0659. The van der Waals surface area contributed by atoms with Gasteiger partial charge in [-0.3, -0.25) is 10.1 Å². The van der Waals surface area contributed by atoms with E-state index in [-0.39, 0.29) is 12.2 Å². The zero-order chi connectivity index (χ0) is 16.3. The summed E-state index contributed by atoms with van der Waals surface area (Å²) in [4.78, 5) is 10.5. The molecule has 0 bridgehead atoms. The lowest BCUT2D eigenvalue weighted by molar-refractivity contribution is -0.385. The maximum absolute atomic E-state index is 11.2. The molecule has 0 aliphatic rings. The normalized spacial score (nSPS) is 12.4. The first-order valence-electron chi connectivity index (χ1n) is 6.13. The third-order valence-electron chi connectivity index (χ3n) is 2.59. The lowest BCUT2D eigenvalue weighted by Crippen LogP contribution is -2.49. The van der Waals surface area contributed by atoms with Crippen LogP contribution in [0.25, 0.3) is 0 Å². The van der Waals surface area contributed by atoms with Crippen molar-refractivity contribution in [3.8, 4) is 0 Å². The Morgan fingerprint density at radius 3 is 2.52 bits per heavy atom. The Bertz CT molecular complexity index is 631. The van der Waals surface area contributed by atoms with Crippen LogP contribution >= 0.6 is 11.6 Å². The van der Waals surface area contributed by atoms with Gasteiger partial charge in [0.1, 0.15) is 0 Å². The highest BCUT2D eigenvalue weighted by Crippen LogP contribution is 2.23. The number of nitro groups is 1. The number of nitro benzene ring substituents is 1. The van der Waals surface area contributed by atoms with Gasteiger partial charge < -0.3 is 5.32 Å². The van der Waals surface area contributed by atoms with Gasteiger partial charge in [-0.15, -0.1) is 0 Å². The summed E-state index contributed by atoms with van der Waals surface area (Å²) < 4.78 is 24.9. The number of nitrogens with zero attached hydrogens (tertiary/aromatic N) is 1. The second kappa shape index (κ2) is 6.69. The van der Waals surface area contributed by atoms with E-state index in [1.54, 1.807) is 26.0 Å². The summed E-state index contributed by atoms with van der Waals surface area (Å²) in [5.41, 5.74) is -0.280. The van der Waals surface area contributed by atoms with Crippen molar-refractivity contribution in [2.75, 3.05) is 12.8 Å². The first-order chi connectivity index (χ1) is 9.50. The van der Waals surface area contributed by atoms with E-state index in [1.165, 1.54) is 6.07 Å². The fourth-order valence-electron chi connectivity index (χ4n) is 1.90. The molecule has 2 N–H and O–H groups in total. The van der Waals surface area contributed by atoms with E-state index in [1.807, 2.05) is 0 Å². The Morgan fingerprint density at radius 2 is 2.00 bits per heavy atom. The Morgan fingerprint density at radius 1 is 1.38 bits per heavy atom. The molecule has 0 unspecified atom stereocenters. The molecule has 0 heterocycles. The summed E-state index contributed by atoms with van der Waals surface area (Å²) in [5.74, 6) is 0. The smallest absolute Gasteiger partial charge is 0.275 e. The van der Waals surface area contributed by atoms with Crippen LogP contribution in [0.15, 0.2) is 18.2 Å². The molecule has 0 spiro atoms. The van der Waals surface area contributed by atoms with Crippen LogP contribution in [0, 0.1) is 10.1 Å². The molecule has 0 saturated carbocycles. The van der Waals surface area contributed by atoms with Gasteiger partial charge >= 0.3 is 0 Å². The van der Waals surface area contributed by atoms with Crippen molar-refractivity contribution in [2.45, 2.75) is 25.9 Å². The van der Waals surface area contributed by atoms with Gasteiger partial charge in [-0.05, 0) is 26.0 Å². The summed E-state index contributed by atoms with van der Waals surface area (Å²) in [5, 5.41) is 14.2. The number of sulfonamides is 1. The lowest BCUT2D eigenvalue weighted by atomic mass is 10.1. The van der Waals surface area contributed by atoms with Crippen molar-refractivity contribution >= 4 is 27.3 Å². The molecule has 0 fully saturated rings. The van der Waals surface area contributed by atoms with Crippen molar-refractivity contribution < 1.29 is 13.3 Å². The average molecular weight is 336 g/mol. The largest absolute Gasteiger partial charge is 0.311 e. The number of hydrogen-bond acceptors (Lipinski definition) is 5. The summed E-state index contributed by atoms with van der Waals surface area (Å²) in [6.45, 7) is 4.00. The summed E-state index contributed by atoms with van der Waals surface area (Å²) >= 11 is 5.74. The highest BCUT2D eigenvalue weighted by molar-refractivity contribution is 7.88. The molecule has 7 nitrogen and oxygen atoms in total. The molecule has 0 aliphatic carbocycles. The zero-order valence-corrected chi connectivity index (χ0v) is 13.6. The number of nitrogens with one attached hydrogen (secondary N) is 2. The molecule has 0 radical (unpaired) electrons. The minimum Gasteiger partial charge on any atom is -0.311 e. The highest BCUT2D eigenvalue weighted by atomic mass is 35.5. The van der Waals surface area contributed by atoms with Gasteiger partial charge in [0.25, 0.3) is 5.69 Å². The van der Waals surface area contributed by atoms with Gasteiger partial charge in [0.15, 0.2) is 0 Å². The van der Waals surface area contributed by atoms with Crippen molar-refractivity contribution in [1.82, 2.24) is 10.0 Å². The number of rotatable bonds is 7. The highest BCUT2D eigenvalue weighted by Gasteiger charge is 2.22. The van der Waals surface area contributed by atoms with Crippen LogP contribution in [0.5, 0.6) is 0 Å². The molecule has 1 aromatic carbocycles. The molecular weight excluding hydrogens is 318 g/mol. The van der Waals surface area contributed by atoms with Crippen molar-refractivity contribution in [1.29, 1.82) is 0 Å². The van der Waals surface area contributed by atoms with E-state index in [0.29, 0.717) is 17.1 Å². The first kappa shape index (κ1) is 17.8. The summed E-state index contributed by atoms with van der Waals surface area (Å²) in [7, 11) is -3.32. The van der Waals surface area contributed by atoms with Gasteiger partial charge in [0.05, 0.1) is 11.2 Å². The Hall–Kier alpha value is -1.22. The zero-order valence-electron chi connectivity index (χ0n) is 12.0. The van der Waals surface area contributed by atoms with E-state index >= 15 is 0 Å². The molecule has 0 atom stereocenters. The standard InChI is InChI=1S/C12H18ClN3O4S/c1-12(2,15-21(3,19)20)8-14-7-9-4-5-10(13)6-11(9)16(17)18/h4-6,14-15H,7-8H2,1-3H3. The van der Waals surface area contributed by atoms with Gasteiger partial charge in [-0.25, -0.2) is 13.1 Å². The number of hydrogen-bond donors (Lipinski definition) is 2. The molecular formula is C12H18ClN3O4S. The van der Waals surface area contributed by atoms with Crippen molar-refractivity contribution in [3.05, 3.63) is 38.9 Å². The molecule has 21 heavy (non-hydrogen) atoms. The van der Waals surface area contributed by atoms with Gasteiger partial charge in [0.2, 0.25) is 10.0 Å². The van der Waals surface area contributed by atoms with Crippen LogP contribution in [0.2, 0.25) is 5.02 Å². The van der Waals surface area contributed by atoms with Crippen LogP contribution in [-0.4, -0.2) is 31.7 Å². The average Bonchev–Trinajstić information content (AvgIpc) is 2.27. The molecule has 1 aromatic rings. The van der Waals surface area contributed by atoms with Crippen LogP contribution in [-0.2, 0) is 16.6 Å². The van der Waals surface area contributed by atoms with Crippen LogP contribution in [0.1, 0.15) is 19.4 Å². The van der Waals surface area contributed by atoms with Gasteiger partial charge in [-0.1, -0.05) is 11.6 Å². The molecule has 0 aliphatic heterocycles. The fraction of sp³-hybridized carbons (Fsp3) is 0.500. The van der Waals surface area contributed by atoms with Crippen molar-refractivity contribution in [2.24, 2.45) is 0 Å². The topological polar surface area (TPSA) is 101 Å². The fourth-order valence-corrected chi connectivity index (χ4v) is 3.15. The van der Waals surface area contributed by atoms with Crippen LogP contribution < -0.4 is 10.0 Å². The second-order valence-electron chi connectivity index (χ2n) is 5.39. The molecule has 118 valence electrons. The third-order valence-corrected chi connectivity index (χ3v) is 3.75. The monoisotopic (exact) mass is 335 g/mol. The molecule has 0 aromatic heterocycles. The van der Waals surface area contributed by atoms with Crippen LogP contribution in [0.4, 0.5) is 5.69 Å². The van der Waals surface area contributed by atoms with Crippen LogP contribution in [0.3, 0.4) is 0 Å². The third kappa shape index (κ3) is 6.38. The Balaban J connectivity index is 2.70. The number of benzene rings is 1. The Labute approximate surface area is 128 Å². The van der Waals surface area contributed by atoms with E-state index in [4.69, 9.17) is 11.6 Å². The SMILES string of the molecule is CC(C)(CNCc1ccc(Cl)cc1[N+](=O)[O-])NS(C)(=O)=O. The first-order valence-corrected chi connectivity index (χ1v) is 8.40. The van der Waals surface area contributed by atoms with Gasteiger partial charge in [0, 0.05) is 35.3 Å². The quantitative estimate of drug-likeness (QED) is 0.583. The van der Waals surface area contributed by atoms with E-state index in [2.05, 4.69) is 10.0 Å². The molecule has 0 saturated heterocycles.